The number of carboxylic acid groups (broad SMARTS) is 1. The van der Waals surface area contributed by atoms with E-state index in [-0.39, 0.29) is 18.4 Å². The molecule has 6 nitrogen and oxygen atoms in total. The SMILES string of the molecule is N#Cc1cn(C2CCCC(CC(=O)O)C2)nn1. The summed E-state index contributed by atoms with van der Waals surface area (Å²) in [4.78, 5) is 10.7. The van der Waals surface area contributed by atoms with Gasteiger partial charge in [0.05, 0.1) is 12.2 Å². The summed E-state index contributed by atoms with van der Waals surface area (Å²) in [6.45, 7) is 0. The Balaban J connectivity index is 2.02. The van der Waals surface area contributed by atoms with Crippen LogP contribution in [0.1, 0.15) is 43.8 Å². The summed E-state index contributed by atoms with van der Waals surface area (Å²) in [6.07, 6.45) is 5.60. The van der Waals surface area contributed by atoms with Gasteiger partial charge in [0, 0.05) is 6.42 Å². The average Bonchev–Trinajstić information content (AvgIpc) is 2.77. The van der Waals surface area contributed by atoms with Crippen molar-refractivity contribution in [1.82, 2.24) is 15.0 Å². The number of aliphatic carboxylic acids is 1. The lowest BCUT2D eigenvalue weighted by atomic mass is 9.84. The maximum Gasteiger partial charge on any atom is 0.303 e. The first-order chi connectivity index (χ1) is 8.19. The highest BCUT2D eigenvalue weighted by Gasteiger charge is 2.25. The van der Waals surface area contributed by atoms with Crippen molar-refractivity contribution < 1.29 is 9.90 Å². The Bertz CT molecular complexity index is 449. The van der Waals surface area contributed by atoms with Crippen LogP contribution < -0.4 is 0 Å². The van der Waals surface area contributed by atoms with Gasteiger partial charge in [-0.1, -0.05) is 11.6 Å². The molecule has 0 aromatic carbocycles. The zero-order chi connectivity index (χ0) is 12.3. The molecule has 2 atom stereocenters. The summed E-state index contributed by atoms with van der Waals surface area (Å²) in [7, 11) is 0. The topological polar surface area (TPSA) is 91.8 Å². The maximum absolute atomic E-state index is 10.7. The fourth-order valence-corrected chi connectivity index (χ4v) is 2.44. The minimum atomic E-state index is -0.744. The molecule has 1 aliphatic rings. The highest BCUT2D eigenvalue weighted by atomic mass is 16.4. The molecule has 0 bridgehead atoms. The Kier molecular flexibility index (Phi) is 3.38. The van der Waals surface area contributed by atoms with E-state index in [1.807, 2.05) is 6.07 Å². The molecule has 0 saturated heterocycles. The molecule has 2 rings (SSSR count). The van der Waals surface area contributed by atoms with E-state index < -0.39 is 5.97 Å². The van der Waals surface area contributed by atoms with Gasteiger partial charge in [0.2, 0.25) is 0 Å². The van der Waals surface area contributed by atoms with Crippen molar-refractivity contribution in [3.63, 3.8) is 0 Å². The Labute approximate surface area is 98.9 Å². The lowest BCUT2D eigenvalue weighted by molar-refractivity contribution is -0.138. The third-order valence-corrected chi connectivity index (χ3v) is 3.22. The van der Waals surface area contributed by atoms with E-state index in [4.69, 9.17) is 10.4 Å². The Morgan fingerprint density at radius 1 is 1.65 bits per heavy atom. The Morgan fingerprint density at radius 2 is 2.47 bits per heavy atom. The average molecular weight is 234 g/mol. The lowest BCUT2D eigenvalue weighted by Gasteiger charge is -2.27. The van der Waals surface area contributed by atoms with Crippen molar-refractivity contribution in [2.24, 2.45) is 5.92 Å². The predicted octanol–water partition coefficient (Wildman–Crippen LogP) is 1.36. The number of nitriles is 1. The van der Waals surface area contributed by atoms with Gasteiger partial charge >= 0.3 is 5.97 Å². The monoisotopic (exact) mass is 234 g/mol. The highest BCUT2D eigenvalue weighted by Crippen LogP contribution is 2.33. The fraction of sp³-hybridized carbons (Fsp3) is 0.636. The van der Waals surface area contributed by atoms with Gasteiger partial charge in [-0.15, -0.1) is 5.10 Å². The van der Waals surface area contributed by atoms with Crippen LogP contribution in [0, 0.1) is 17.2 Å². The van der Waals surface area contributed by atoms with Gasteiger partial charge in [0.1, 0.15) is 6.07 Å². The molecule has 1 heterocycles. The molecule has 0 aliphatic heterocycles. The molecular weight excluding hydrogens is 220 g/mol. The Hall–Kier alpha value is -1.90. The fourth-order valence-electron chi connectivity index (χ4n) is 2.44. The number of aromatic nitrogens is 3. The van der Waals surface area contributed by atoms with Crippen LogP contribution in [-0.2, 0) is 4.79 Å². The summed E-state index contributed by atoms with van der Waals surface area (Å²) in [5.41, 5.74) is 0.311. The van der Waals surface area contributed by atoms with E-state index in [0.717, 1.165) is 25.7 Å². The molecule has 1 fully saturated rings. The van der Waals surface area contributed by atoms with Gasteiger partial charge in [0.15, 0.2) is 5.69 Å². The first-order valence-electron chi connectivity index (χ1n) is 5.72. The van der Waals surface area contributed by atoms with Crippen molar-refractivity contribution >= 4 is 5.97 Å². The molecule has 0 amide bonds. The van der Waals surface area contributed by atoms with Crippen LogP contribution >= 0.6 is 0 Å². The van der Waals surface area contributed by atoms with Gasteiger partial charge in [-0.2, -0.15) is 5.26 Å². The summed E-state index contributed by atoms with van der Waals surface area (Å²) >= 11 is 0. The first-order valence-corrected chi connectivity index (χ1v) is 5.72. The standard InChI is InChI=1S/C11H14N4O2/c12-6-9-7-15(14-13-9)10-3-1-2-8(4-10)5-11(16)17/h7-8,10H,1-5H2,(H,16,17). The largest absolute Gasteiger partial charge is 0.481 e. The number of hydrogen-bond acceptors (Lipinski definition) is 4. The minimum Gasteiger partial charge on any atom is -0.481 e. The van der Waals surface area contributed by atoms with Crippen LogP contribution in [-0.4, -0.2) is 26.1 Å². The van der Waals surface area contributed by atoms with E-state index in [1.165, 1.54) is 0 Å². The third-order valence-electron chi connectivity index (χ3n) is 3.22. The van der Waals surface area contributed by atoms with Crippen LogP contribution in [0.4, 0.5) is 0 Å². The van der Waals surface area contributed by atoms with E-state index >= 15 is 0 Å². The molecule has 1 aromatic rings. The molecule has 1 aliphatic carbocycles. The van der Waals surface area contributed by atoms with E-state index in [9.17, 15) is 4.79 Å². The molecule has 2 unspecified atom stereocenters. The quantitative estimate of drug-likeness (QED) is 0.852. The zero-order valence-corrected chi connectivity index (χ0v) is 9.41. The second-order valence-electron chi connectivity index (χ2n) is 4.48. The second kappa shape index (κ2) is 4.95. The zero-order valence-electron chi connectivity index (χ0n) is 9.41. The molecule has 1 saturated carbocycles. The van der Waals surface area contributed by atoms with Crippen LogP contribution in [0.15, 0.2) is 6.20 Å². The van der Waals surface area contributed by atoms with E-state index in [1.54, 1.807) is 10.9 Å². The van der Waals surface area contributed by atoms with Crippen molar-refractivity contribution in [1.29, 1.82) is 5.26 Å². The molecule has 0 radical (unpaired) electrons. The molecule has 6 heteroatoms. The molecule has 17 heavy (non-hydrogen) atoms. The van der Waals surface area contributed by atoms with Crippen molar-refractivity contribution in [3.8, 4) is 6.07 Å². The molecule has 0 spiro atoms. The number of carbonyl (C=O) groups is 1. The maximum atomic E-state index is 10.7. The van der Waals surface area contributed by atoms with Crippen molar-refractivity contribution in [2.45, 2.75) is 38.1 Å². The van der Waals surface area contributed by atoms with Crippen molar-refractivity contribution in [3.05, 3.63) is 11.9 Å². The molecular formula is C11H14N4O2. The van der Waals surface area contributed by atoms with Crippen LogP contribution in [0.3, 0.4) is 0 Å². The number of rotatable bonds is 3. The lowest BCUT2D eigenvalue weighted by Crippen LogP contribution is -2.21. The van der Waals surface area contributed by atoms with E-state index in [0.29, 0.717) is 5.69 Å². The summed E-state index contributed by atoms with van der Waals surface area (Å²) < 4.78 is 1.70. The first kappa shape index (κ1) is 11.6. The van der Waals surface area contributed by atoms with Gasteiger partial charge < -0.3 is 5.11 Å². The van der Waals surface area contributed by atoms with Crippen LogP contribution in [0.25, 0.3) is 0 Å². The van der Waals surface area contributed by atoms with Crippen LogP contribution in [0.2, 0.25) is 0 Å². The van der Waals surface area contributed by atoms with Gasteiger partial charge in [0.25, 0.3) is 0 Å². The van der Waals surface area contributed by atoms with Crippen molar-refractivity contribution in [2.75, 3.05) is 0 Å². The normalized spacial score (nSPS) is 24.2. The predicted molar refractivity (Wildman–Crippen MR) is 58.0 cm³/mol. The second-order valence-corrected chi connectivity index (χ2v) is 4.48. The number of carboxylic acids is 1. The highest BCUT2D eigenvalue weighted by molar-refractivity contribution is 5.67. The molecule has 1 N–H and O–H groups in total. The van der Waals surface area contributed by atoms with E-state index in [2.05, 4.69) is 10.3 Å². The molecule has 90 valence electrons. The number of hydrogen-bond donors (Lipinski definition) is 1. The Morgan fingerprint density at radius 3 is 3.12 bits per heavy atom. The third kappa shape index (κ3) is 2.81. The van der Waals surface area contributed by atoms with Crippen LogP contribution in [0.5, 0.6) is 0 Å². The number of nitrogens with zero attached hydrogens (tertiary/aromatic N) is 4. The minimum absolute atomic E-state index is 0.183. The smallest absolute Gasteiger partial charge is 0.303 e. The van der Waals surface area contributed by atoms with Gasteiger partial charge in [-0.3, -0.25) is 4.79 Å². The summed E-state index contributed by atoms with van der Waals surface area (Å²) in [5.74, 6) is -0.534. The molecule has 1 aromatic heterocycles. The summed E-state index contributed by atoms with van der Waals surface area (Å²) in [5, 5.41) is 25.1. The van der Waals surface area contributed by atoms with Gasteiger partial charge in [-0.05, 0) is 25.2 Å². The van der Waals surface area contributed by atoms with Gasteiger partial charge in [-0.25, -0.2) is 4.68 Å². The summed E-state index contributed by atoms with van der Waals surface area (Å²) in [6, 6.07) is 2.12.